The van der Waals surface area contributed by atoms with Crippen LogP contribution in [0.3, 0.4) is 0 Å². The van der Waals surface area contributed by atoms with Crippen LogP contribution in [0.2, 0.25) is 0 Å². The normalized spacial score (nSPS) is 12.2. The Bertz CT molecular complexity index is 1190. The van der Waals surface area contributed by atoms with Gasteiger partial charge in [0.25, 0.3) is 5.56 Å². The Morgan fingerprint density at radius 3 is 2.62 bits per heavy atom. The van der Waals surface area contributed by atoms with Crippen LogP contribution >= 0.6 is 27.3 Å². The average molecular weight is 475 g/mol. The molecular weight excluding hydrogens is 459 g/mol. The van der Waals surface area contributed by atoms with Crippen molar-refractivity contribution < 1.29 is 14.2 Å². The molecule has 0 aliphatic carbocycles. The molecule has 0 saturated carbocycles. The number of aliphatic hydroxyl groups is 1. The Hall–Kier alpha value is -2.55. The van der Waals surface area contributed by atoms with Crippen LogP contribution in [0.15, 0.2) is 69.5 Å². The van der Waals surface area contributed by atoms with Crippen molar-refractivity contribution >= 4 is 37.5 Å². The molecule has 0 aliphatic heterocycles. The van der Waals surface area contributed by atoms with Crippen LogP contribution in [-0.2, 0) is 6.54 Å². The van der Waals surface area contributed by atoms with E-state index in [-0.39, 0.29) is 24.5 Å². The van der Waals surface area contributed by atoms with E-state index in [2.05, 4.69) is 20.9 Å². The highest BCUT2D eigenvalue weighted by atomic mass is 79.9. The van der Waals surface area contributed by atoms with Crippen LogP contribution in [-0.4, -0.2) is 27.4 Å². The second-order valence-electron chi connectivity index (χ2n) is 6.46. The van der Waals surface area contributed by atoms with Crippen LogP contribution < -0.4 is 10.3 Å². The van der Waals surface area contributed by atoms with E-state index >= 15 is 0 Å². The maximum atomic E-state index is 13.0. The van der Waals surface area contributed by atoms with E-state index in [0.717, 1.165) is 15.6 Å². The quantitative estimate of drug-likeness (QED) is 0.447. The molecule has 0 aliphatic rings. The summed E-state index contributed by atoms with van der Waals surface area (Å²) in [5, 5.41) is 12.7. The molecule has 0 spiro atoms. The van der Waals surface area contributed by atoms with Gasteiger partial charge in [-0.2, -0.15) is 0 Å². The summed E-state index contributed by atoms with van der Waals surface area (Å²) in [5.41, 5.74) is 1.53. The van der Waals surface area contributed by atoms with Crippen LogP contribution in [0.5, 0.6) is 5.75 Å². The molecular formula is C21H16BrFN2O3S. The van der Waals surface area contributed by atoms with E-state index < -0.39 is 6.10 Å². The van der Waals surface area contributed by atoms with Gasteiger partial charge in [0.2, 0.25) is 0 Å². The minimum Gasteiger partial charge on any atom is -0.491 e. The highest BCUT2D eigenvalue weighted by Crippen LogP contribution is 2.31. The molecule has 8 heteroatoms. The number of halogens is 2. The summed E-state index contributed by atoms with van der Waals surface area (Å²) in [6, 6.07) is 13.2. The highest BCUT2D eigenvalue weighted by Gasteiger charge is 2.15. The number of thiophene rings is 1. The molecule has 2 heterocycles. The van der Waals surface area contributed by atoms with Crippen molar-refractivity contribution in [2.75, 3.05) is 6.61 Å². The van der Waals surface area contributed by atoms with E-state index in [0.29, 0.717) is 16.0 Å². The van der Waals surface area contributed by atoms with Gasteiger partial charge in [0, 0.05) is 15.4 Å². The molecule has 2 aromatic heterocycles. The topological polar surface area (TPSA) is 64.4 Å². The zero-order valence-corrected chi connectivity index (χ0v) is 17.5. The Kier molecular flexibility index (Phi) is 5.75. The molecule has 0 saturated heterocycles. The van der Waals surface area contributed by atoms with Gasteiger partial charge < -0.3 is 9.84 Å². The van der Waals surface area contributed by atoms with Crippen LogP contribution in [0.1, 0.15) is 0 Å². The predicted molar refractivity (Wildman–Crippen MR) is 115 cm³/mol. The number of fused-ring (bicyclic) bond motifs is 1. The summed E-state index contributed by atoms with van der Waals surface area (Å²) in [7, 11) is 0. The number of ether oxygens (including phenoxy) is 1. The lowest BCUT2D eigenvalue weighted by Gasteiger charge is -2.14. The number of aliphatic hydroxyl groups excluding tert-OH is 1. The zero-order chi connectivity index (χ0) is 20.4. The van der Waals surface area contributed by atoms with Crippen molar-refractivity contribution in [2.24, 2.45) is 0 Å². The smallest absolute Gasteiger partial charge is 0.262 e. The van der Waals surface area contributed by atoms with Gasteiger partial charge in [-0.1, -0.05) is 28.1 Å². The first-order chi connectivity index (χ1) is 14.0. The Morgan fingerprint density at radius 2 is 1.90 bits per heavy atom. The standard InChI is InChI=1S/C21H16BrFN2O3S/c22-14-3-1-13(2-4-14)18-11-29-20-19(18)21(27)25(12-24-20)9-16(26)10-28-17-7-5-15(23)6-8-17/h1-8,11-12,16,26H,9-10H2. The van der Waals surface area contributed by atoms with Gasteiger partial charge in [0.05, 0.1) is 18.3 Å². The first kappa shape index (κ1) is 19.8. The van der Waals surface area contributed by atoms with Crippen molar-refractivity contribution in [1.29, 1.82) is 0 Å². The third-order valence-corrected chi connectivity index (χ3v) is 5.79. The summed E-state index contributed by atoms with van der Waals surface area (Å²) < 4.78 is 20.7. The molecule has 0 amide bonds. The molecule has 29 heavy (non-hydrogen) atoms. The van der Waals surface area contributed by atoms with Gasteiger partial charge in [0.15, 0.2) is 0 Å². The maximum absolute atomic E-state index is 13.0. The van der Waals surface area contributed by atoms with E-state index in [1.807, 2.05) is 29.6 Å². The molecule has 4 rings (SSSR count). The number of aromatic nitrogens is 2. The number of rotatable bonds is 6. The first-order valence-corrected chi connectivity index (χ1v) is 10.5. The molecule has 1 N–H and O–H groups in total. The van der Waals surface area contributed by atoms with Gasteiger partial charge in [-0.25, -0.2) is 9.37 Å². The van der Waals surface area contributed by atoms with Gasteiger partial charge >= 0.3 is 0 Å². The SMILES string of the molecule is O=c1c2c(-c3ccc(Br)cc3)csc2ncn1CC(O)COc1ccc(F)cc1. The van der Waals surface area contributed by atoms with E-state index in [9.17, 15) is 14.3 Å². The van der Waals surface area contributed by atoms with E-state index in [1.54, 1.807) is 0 Å². The monoisotopic (exact) mass is 474 g/mol. The molecule has 148 valence electrons. The van der Waals surface area contributed by atoms with Crippen molar-refractivity contribution in [1.82, 2.24) is 9.55 Å². The van der Waals surface area contributed by atoms with Gasteiger partial charge in [-0.15, -0.1) is 11.3 Å². The molecule has 5 nitrogen and oxygen atoms in total. The van der Waals surface area contributed by atoms with Crippen LogP contribution in [0, 0.1) is 5.82 Å². The third kappa shape index (κ3) is 4.39. The molecule has 1 unspecified atom stereocenters. The van der Waals surface area contributed by atoms with Crippen LogP contribution in [0.4, 0.5) is 4.39 Å². The lowest BCUT2D eigenvalue weighted by molar-refractivity contribution is 0.0914. The second kappa shape index (κ2) is 8.44. The minimum absolute atomic E-state index is 0.0285. The maximum Gasteiger partial charge on any atom is 0.262 e. The number of hydrogen-bond acceptors (Lipinski definition) is 5. The van der Waals surface area contributed by atoms with E-state index in [4.69, 9.17) is 4.74 Å². The number of hydrogen-bond donors (Lipinski definition) is 1. The van der Waals surface area contributed by atoms with Crippen LogP contribution in [0.25, 0.3) is 21.3 Å². The fourth-order valence-electron chi connectivity index (χ4n) is 2.94. The van der Waals surface area contributed by atoms with E-state index in [1.165, 1.54) is 46.5 Å². The lowest BCUT2D eigenvalue weighted by atomic mass is 10.1. The summed E-state index contributed by atoms with van der Waals surface area (Å²) in [5.74, 6) is 0.0860. The molecule has 0 fully saturated rings. The summed E-state index contributed by atoms with van der Waals surface area (Å²) in [6.07, 6.45) is 0.514. The lowest BCUT2D eigenvalue weighted by Crippen LogP contribution is -2.30. The van der Waals surface area contributed by atoms with Crippen molar-refractivity contribution in [3.05, 3.63) is 80.9 Å². The zero-order valence-electron chi connectivity index (χ0n) is 15.1. The van der Waals surface area contributed by atoms with Gasteiger partial charge in [0.1, 0.15) is 29.1 Å². The summed E-state index contributed by atoms with van der Waals surface area (Å²) >= 11 is 4.82. The number of benzene rings is 2. The first-order valence-electron chi connectivity index (χ1n) is 8.80. The number of nitrogens with zero attached hydrogens (tertiary/aromatic N) is 2. The molecule has 2 aromatic carbocycles. The fraction of sp³-hybridized carbons (Fsp3) is 0.143. The minimum atomic E-state index is -0.924. The molecule has 0 bridgehead atoms. The third-order valence-electron chi connectivity index (χ3n) is 4.38. The van der Waals surface area contributed by atoms with Crippen molar-refractivity contribution in [2.45, 2.75) is 12.6 Å². The van der Waals surface area contributed by atoms with Gasteiger partial charge in [-0.05, 0) is 42.0 Å². The fourth-order valence-corrected chi connectivity index (χ4v) is 4.11. The molecule has 4 aromatic rings. The Labute approximate surface area is 178 Å². The Morgan fingerprint density at radius 1 is 1.17 bits per heavy atom. The largest absolute Gasteiger partial charge is 0.491 e. The predicted octanol–water partition coefficient (Wildman–Crippen LogP) is 4.47. The second-order valence-corrected chi connectivity index (χ2v) is 8.23. The highest BCUT2D eigenvalue weighted by molar-refractivity contribution is 9.10. The van der Waals surface area contributed by atoms with Crippen molar-refractivity contribution in [3.8, 4) is 16.9 Å². The van der Waals surface area contributed by atoms with Gasteiger partial charge in [-0.3, -0.25) is 9.36 Å². The van der Waals surface area contributed by atoms with Crippen molar-refractivity contribution in [3.63, 3.8) is 0 Å². The average Bonchev–Trinajstić information content (AvgIpc) is 3.15. The summed E-state index contributed by atoms with van der Waals surface area (Å²) in [4.78, 5) is 18.0. The summed E-state index contributed by atoms with van der Waals surface area (Å²) in [6.45, 7) is 0.0118. The molecule has 1 atom stereocenters. The molecule has 0 radical (unpaired) electrons. The Balaban J connectivity index is 1.55.